The molecule has 0 saturated heterocycles. The Balaban J connectivity index is -0.000000313. The summed E-state index contributed by atoms with van der Waals surface area (Å²) in [5.74, 6) is -0.0725. The van der Waals surface area contributed by atoms with Crippen LogP contribution >= 0.6 is 12.6 Å². The SMILES string of the molecule is CC.CC(C)(S)CCC(=O)NCC=O.CNC(=O)C(C)NC. The Morgan fingerprint density at radius 1 is 1.23 bits per heavy atom. The van der Waals surface area contributed by atoms with Crippen molar-refractivity contribution >= 4 is 30.7 Å². The van der Waals surface area contributed by atoms with E-state index in [0.29, 0.717) is 19.1 Å². The summed E-state index contributed by atoms with van der Waals surface area (Å²) in [6.07, 6.45) is 1.80. The third kappa shape index (κ3) is 21.2. The molecule has 6 nitrogen and oxygen atoms in total. The molecule has 0 aromatic rings. The molecule has 0 radical (unpaired) electrons. The molecule has 22 heavy (non-hydrogen) atoms. The maximum Gasteiger partial charge on any atom is 0.236 e. The fourth-order valence-electron chi connectivity index (χ4n) is 1.01. The van der Waals surface area contributed by atoms with Crippen molar-refractivity contribution in [3.63, 3.8) is 0 Å². The Labute approximate surface area is 140 Å². The van der Waals surface area contributed by atoms with E-state index in [2.05, 4.69) is 28.6 Å². The first-order valence-electron chi connectivity index (χ1n) is 7.49. The van der Waals surface area contributed by atoms with Gasteiger partial charge < -0.3 is 20.7 Å². The Morgan fingerprint density at radius 3 is 2.00 bits per heavy atom. The number of aldehydes is 1. The minimum absolute atomic E-state index is 0.0208. The molecule has 0 aromatic carbocycles. The Kier molecular flexibility index (Phi) is 19.1. The van der Waals surface area contributed by atoms with Crippen LogP contribution in [0.4, 0.5) is 0 Å². The first-order chi connectivity index (χ1) is 10.2. The van der Waals surface area contributed by atoms with Crippen LogP contribution in [0, 0.1) is 0 Å². The smallest absolute Gasteiger partial charge is 0.236 e. The highest BCUT2D eigenvalue weighted by Crippen LogP contribution is 2.18. The van der Waals surface area contributed by atoms with Crippen molar-refractivity contribution in [1.29, 1.82) is 0 Å². The molecular formula is C15H33N3O3S. The highest BCUT2D eigenvalue weighted by molar-refractivity contribution is 7.81. The van der Waals surface area contributed by atoms with E-state index in [9.17, 15) is 14.4 Å². The van der Waals surface area contributed by atoms with Gasteiger partial charge in [-0.15, -0.1) is 0 Å². The predicted octanol–water partition coefficient (Wildman–Crippen LogP) is 1.16. The molecule has 0 fully saturated rings. The van der Waals surface area contributed by atoms with E-state index in [1.54, 1.807) is 21.0 Å². The maximum absolute atomic E-state index is 10.9. The van der Waals surface area contributed by atoms with Crippen molar-refractivity contribution in [3.05, 3.63) is 0 Å². The van der Waals surface area contributed by atoms with Crippen molar-refractivity contribution in [2.45, 2.75) is 58.2 Å². The average molecular weight is 336 g/mol. The zero-order valence-corrected chi connectivity index (χ0v) is 15.8. The molecule has 1 atom stereocenters. The van der Waals surface area contributed by atoms with E-state index in [-0.39, 0.29) is 29.1 Å². The number of carbonyl (C=O) groups excluding carboxylic acids is 3. The van der Waals surface area contributed by atoms with Crippen molar-refractivity contribution in [3.8, 4) is 0 Å². The molecule has 1 unspecified atom stereocenters. The van der Waals surface area contributed by atoms with Crippen LogP contribution in [-0.4, -0.2) is 49.5 Å². The summed E-state index contributed by atoms with van der Waals surface area (Å²) in [7, 11) is 3.37. The second-order valence-corrected chi connectivity index (χ2v) is 6.12. The lowest BCUT2D eigenvalue weighted by Crippen LogP contribution is -2.38. The van der Waals surface area contributed by atoms with Crippen molar-refractivity contribution in [2.24, 2.45) is 0 Å². The van der Waals surface area contributed by atoms with Gasteiger partial charge >= 0.3 is 0 Å². The van der Waals surface area contributed by atoms with Gasteiger partial charge in [0.25, 0.3) is 0 Å². The van der Waals surface area contributed by atoms with Crippen LogP contribution in [0.15, 0.2) is 0 Å². The molecule has 132 valence electrons. The standard InChI is InChI=1S/C8H15NO2S.C5H12N2O.C2H6/c1-8(2,12)4-3-7(11)9-5-6-10;1-4(6-2)5(8)7-3;1-2/h6,12H,3-5H2,1-2H3,(H,9,11);4,6H,1-3H3,(H,7,8);1-2H3. The summed E-state index contributed by atoms with van der Waals surface area (Å²) in [5, 5.41) is 7.78. The molecule has 0 aromatic heterocycles. The van der Waals surface area contributed by atoms with Crippen LogP contribution in [0.2, 0.25) is 0 Å². The topological polar surface area (TPSA) is 87.3 Å². The van der Waals surface area contributed by atoms with Crippen molar-refractivity contribution in [2.75, 3.05) is 20.6 Å². The van der Waals surface area contributed by atoms with Crippen LogP contribution in [0.3, 0.4) is 0 Å². The first kappa shape index (κ1) is 25.9. The zero-order chi connectivity index (χ0) is 18.2. The molecule has 0 spiro atoms. The predicted molar refractivity (Wildman–Crippen MR) is 95.3 cm³/mol. The van der Waals surface area contributed by atoms with Gasteiger partial charge in [0, 0.05) is 18.2 Å². The van der Waals surface area contributed by atoms with Gasteiger partial charge in [-0.25, -0.2) is 0 Å². The second-order valence-electron chi connectivity index (χ2n) is 4.91. The van der Waals surface area contributed by atoms with E-state index < -0.39 is 0 Å². The third-order valence-electron chi connectivity index (χ3n) is 2.42. The normalized spacial score (nSPS) is 10.9. The van der Waals surface area contributed by atoms with Gasteiger partial charge in [0.05, 0.1) is 12.6 Å². The highest BCUT2D eigenvalue weighted by Gasteiger charge is 2.13. The van der Waals surface area contributed by atoms with E-state index in [1.807, 2.05) is 27.7 Å². The van der Waals surface area contributed by atoms with E-state index in [4.69, 9.17) is 0 Å². The summed E-state index contributed by atoms with van der Waals surface area (Å²) in [6.45, 7) is 9.80. The fraction of sp³-hybridized carbons (Fsp3) is 0.800. The number of rotatable bonds is 7. The van der Waals surface area contributed by atoms with E-state index in [1.165, 1.54) is 0 Å². The average Bonchev–Trinajstić information content (AvgIpc) is 2.51. The number of carbonyl (C=O) groups is 3. The molecule has 0 saturated carbocycles. The summed E-state index contributed by atoms with van der Waals surface area (Å²) in [4.78, 5) is 31.4. The molecule has 0 aliphatic heterocycles. The quantitative estimate of drug-likeness (QED) is 0.415. The number of amides is 2. The van der Waals surface area contributed by atoms with Crippen LogP contribution < -0.4 is 16.0 Å². The van der Waals surface area contributed by atoms with E-state index >= 15 is 0 Å². The number of likely N-dealkylation sites (N-methyl/N-ethyl adjacent to an activating group) is 2. The van der Waals surface area contributed by atoms with Gasteiger partial charge in [0.1, 0.15) is 6.29 Å². The van der Waals surface area contributed by atoms with Crippen LogP contribution in [0.5, 0.6) is 0 Å². The lowest BCUT2D eigenvalue weighted by molar-refractivity contribution is -0.123. The molecule has 2 amide bonds. The number of hydrogen-bond acceptors (Lipinski definition) is 5. The number of nitrogens with one attached hydrogen (secondary N) is 3. The Morgan fingerprint density at radius 2 is 1.73 bits per heavy atom. The molecule has 7 heteroatoms. The Bertz CT molecular complexity index is 305. The fourth-order valence-corrected chi connectivity index (χ4v) is 1.12. The largest absolute Gasteiger partial charge is 0.358 e. The molecule has 0 bridgehead atoms. The van der Waals surface area contributed by atoms with Crippen LogP contribution in [0.25, 0.3) is 0 Å². The molecule has 0 heterocycles. The summed E-state index contributed by atoms with van der Waals surface area (Å²) in [5.41, 5.74) is 0. The van der Waals surface area contributed by atoms with Crippen LogP contribution in [0.1, 0.15) is 47.5 Å². The third-order valence-corrected chi connectivity index (χ3v) is 2.64. The maximum atomic E-state index is 10.9. The van der Waals surface area contributed by atoms with Crippen molar-refractivity contribution in [1.82, 2.24) is 16.0 Å². The van der Waals surface area contributed by atoms with Gasteiger partial charge in [-0.05, 0) is 20.4 Å². The number of hydrogen-bond donors (Lipinski definition) is 4. The van der Waals surface area contributed by atoms with Crippen molar-refractivity contribution < 1.29 is 14.4 Å². The molecule has 0 aliphatic rings. The molecule has 0 rings (SSSR count). The van der Waals surface area contributed by atoms with Gasteiger partial charge in [-0.3, -0.25) is 9.59 Å². The molecular weight excluding hydrogens is 302 g/mol. The van der Waals surface area contributed by atoms with Gasteiger partial charge in [-0.1, -0.05) is 27.7 Å². The minimum atomic E-state index is -0.126. The van der Waals surface area contributed by atoms with E-state index in [0.717, 1.165) is 0 Å². The van der Waals surface area contributed by atoms with Crippen LogP contribution in [-0.2, 0) is 14.4 Å². The monoisotopic (exact) mass is 335 g/mol. The second kappa shape index (κ2) is 16.3. The summed E-state index contributed by atoms with van der Waals surface area (Å²) in [6, 6.07) is -0.0833. The minimum Gasteiger partial charge on any atom is -0.358 e. The molecule has 0 aliphatic carbocycles. The number of thiol groups is 1. The zero-order valence-electron chi connectivity index (χ0n) is 14.9. The summed E-state index contributed by atoms with van der Waals surface area (Å²) >= 11 is 4.27. The lowest BCUT2D eigenvalue weighted by Gasteiger charge is -2.15. The lowest BCUT2D eigenvalue weighted by atomic mass is 10.1. The first-order valence-corrected chi connectivity index (χ1v) is 7.94. The van der Waals surface area contributed by atoms with Gasteiger partial charge in [-0.2, -0.15) is 12.6 Å². The highest BCUT2D eigenvalue weighted by atomic mass is 32.1. The van der Waals surface area contributed by atoms with Gasteiger partial charge in [0.2, 0.25) is 11.8 Å². The van der Waals surface area contributed by atoms with Gasteiger partial charge in [0.15, 0.2) is 0 Å². The Hall–Kier alpha value is -1.08. The summed E-state index contributed by atoms with van der Waals surface area (Å²) < 4.78 is -0.126. The molecule has 3 N–H and O–H groups in total.